The van der Waals surface area contributed by atoms with E-state index in [9.17, 15) is 16.8 Å². The Morgan fingerprint density at radius 3 is 1.69 bits per heavy atom. The predicted molar refractivity (Wildman–Crippen MR) is 114 cm³/mol. The molecule has 0 saturated carbocycles. The lowest BCUT2D eigenvalue weighted by Crippen LogP contribution is -2.03. The molecule has 2 N–H and O–H groups in total. The fourth-order valence-corrected chi connectivity index (χ4v) is 4.08. The van der Waals surface area contributed by atoms with Crippen molar-refractivity contribution < 1.29 is 25.9 Å². The van der Waals surface area contributed by atoms with E-state index in [0.717, 1.165) is 18.4 Å². The summed E-state index contributed by atoms with van der Waals surface area (Å²) in [5, 5.41) is 0. The van der Waals surface area contributed by atoms with E-state index in [-0.39, 0.29) is 9.79 Å². The van der Waals surface area contributed by atoms with Gasteiger partial charge in [0.1, 0.15) is 0 Å². The molecule has 0 aromatic heterocycles. The van der Waals surface area contributed by atoms with Crippen LogP contribution in [-0.4, -0.2) is 25.9 Å². The fraction of sp³-hybridized carbons (Fsp3) is 0.429. The van der Waals surface area contributed by atoms with Crippen molar-refractivity contribution in [2.75, 3.05) is 0 Å². The molecule has 8 heteroatoms. The smallest absolute Gasteiger partial charge is 0.282 e. The van der Waals surface area contributed by atoms with Crippen molar-refractivity contribution in [2.24, 2.45) is 0 Å². The number of hydrogen-bond acceptors (Lipinski definition) is 4. The zero-order chi connectivity index (χ0) is 21.8. The summed E-state index contributed by atoms with van der Waals surface area (Å²) in [6.45, 7) is 2.20. The predicted octanol–water partition coefficient (Wildman–Crippen LogP) is 5.16. The lowest BCUT2D eigenvalue weighted by atomic mass is 10.0. The molecule has 0 bridgehead atoms. The molecule has 0 saturated heterocycles. The molecule has 0 heterocycles. The minimum absolute atomic E-state index is 0.0565. The minimum atomic E-state index is -4.09. The first-order chi connectivity index (χ1) is 13.7. The number of benzene rings is 2. The van der Waals surface area contributed by atoms with Gasteiger partial charge in [-0.05, 0) is 36.6 Å². The number of rotatable bonds is 10. The molecular weight excluding hydrogens is 412 g/mol. The van der Waals surface area contributed by atoms with Crippen molar-refractivity contribution in [3.8, 4) is 0 Å². The van der Waals surface area contributed by atoms with Crippen molar-refractivity contribution in [1.29, 1.82) is 0 Å². The first kappa shape index (κ1) is 25.3. The molecule has 162 valence electrons. The number of aryl methyl sites for hydroxylation is 1. The van der Waals surface area contributed by atoms with Crippen LogP contribution in [-0.2, 0) is 26.7 Å². The monoisotopic (exact) mass is 442 g/mol. The Bertz CT molecular complexity index is 923. The van der Waals surface area contributed by atoms with Crippen LogP contribution < -0.4 is 0 Å². The van der Waals surface area contributed by atoms with Crippen LogP contribution in [0, 0.1) is 0 Å². The SMILES string of the molecule is CCCCCCCCCc1ccccc1S(=O)(=O)O.O=S(=O)(O)c1ccccc1. The Morgan fingerprint density at radius 2 is 1.17 bits per heavy atom. The first-order valence-electron chi connectivity index (χ1n) is 9.74. The van der Waals surface area contributed by atoms with Gasteiger partial charge < -0.3 is 0 Å². The average molecular weight is 443 g/mol. The van der Waals surface area contributed by atoms with Crippen LogP contribution in [0.4, 0.5) is 0 Å². The van der Waals surface area contributed by atoms with Gasteiger partial charge in [0.25, 0.3) is 20.2 Å². The van der Waals surface area contributed by atoms with E-state index < -0.39 is 20.2 Å². The Balaban J connectivity index is 0.000000352. The lowest BCUT2D eigenvalue weighted by Gasteiger charge is -2.06. The highest BCUT2D eigenvalue weighted by Gasteiger charge is 2.13. The van der Waals surface area contributed by atoms with Crippen LogP contribution in [0.1, 0.15) is 57.4 Å². The topological polar surface area (TPSA) is 109 Å². The second-order valence-electron chi connectivity index (χ2n) is 6.74. The highest BCUT2D eigenvalue weighted by molar-refractivity contribution is 7.86. The van der Waals surface area contributed by atoms with E-state index in [4.69, 9.17) is 9.11 Å². The molecule has 2 aromatic carbocycles. The molecule has 0 aliphatic carbocycles. The molecule has 2 rings (SSSR count). The van der Waals surface area contributed by atoms with E-state index in [2.05, 4.69) is 6.92 Å². The summed E-state index contributed by atoms with van der Waals surface area (Å²) in [6, 6.07) is 14.1. The van der Waals surface area contributed by atoms with Gasteiger partial charge in [-0.15, -0.1) is 0 Å². The van der Waals surface area contributed by atoms with Crippen molar-refractivity contribution in [1.82, 2.24) is 0 Å². The second-order valence-corrected chi connectivity index (χ2v) is 9.55. The minimum Gasteiger partial charge on any atom is -0.282 e. The van der Waals surface area contributed by atoms with Crippen molar-refractivity contribution in [3.63, 3.8) is 0 Å². The van der Waals surface area contributed by atoms with E-state index >= 15 is 0 Å². The van der Waals surface area contributed by atoms with Gasteiger partial charge >= 0.3 is 0 Å². The molecule has 0 aliphatic rings. The normalized spacial score (nSPS) is 11.6. The quantitative estimate of drug-likeness (QED) is 0.389. The summed E-state index contributed by atoms with van der Waals surface area (Å²) in [5.41, 5.74) is 0.721. The summed E-state index contributed by atoms with van der Waals surface area (Å²) in [4.78, 5) is -0.0176. The number of unbranched alkanes of at least 4 members (excludes halogenated alkanes) is 6. The Kier molecular flexibility index (Phi) is 11.1. The highest BCUT2D eigenvalue weighted by Crippen LogP contribution is 2.18. The second kappa shape index (κ2) is 12.7. The molecule has 0 fully saturated rings. The molecule has 2 aromatic rings. The van der Waals surface area contributed by atoms with E-state index in [1.165, 1.54) is 50.3 Å². The standard InChI is InChI=1S/C15H24O3S.C6H6O3S/c1-2-3-4-5-6-7-8-11-14-12-9-10-13-15(14)19(16,17)18;7-10(8,9)6-4-2-1-3-5-6/h9-10,12-13H,2-8,11H2,1H3,(H,16,17,18);1-5H,(H,7,8,9). The zero-order valence-corrected chi connectivity index (χ0v) is 18.3. The molecule has 0 aliphatic heterocycles. The van der Waals surface area contributed by atoms with Crippen LogP contribution in [0.5, 0.6) is 0 Å². The summed E-state index contributed by atoms with van der Waals surface area (Å²) >= 11 is 0. The fourth-order valence-electron chi connectivity index (χ4n) is 2.83. The summed E-state index contributed by atoms with van der Waals surface area (Å²) < 4.78 is 60.8. The van der Waals surface area contributed by atoms with E-state index in [1.54, 1.807) is 30.3 Å². The van der Waals surface area contributed by atoms with Crippen LogP contribution in [0.3, 0.4) is 0 Å². The maximum Gasteiger partial charge on any atom is 0.294 e. The third kappa shape index (κ3) is 10.6. The van der Waals surface area contributed by atoms with Gasteiger partial charge in [0.2, 0.25) is 0 Å². The van der Waals surface area contributed by atoms with Gasteiger partial charge in [-0.25, -0.2) is 0 Å². The third-order valence-corrected chi connectivity index (χ3v) is 6.16. The Hall–Kier alpha value is -1.74. The summed E-state index contributed by atoms with van der Waals surface area (Å²) in [7, 11) is -8.09. The van der Waals surface area contributed by atoms with E-state index in [0.29, 0.717) is 6.42 Å². The van der Waals surface area contributed by atoms with Gasteiger partial charge in [0.15, 0.2) is 0 Å². The van der Waals surface area contributed by atoms with E-state index in [1.807, 2.05) is 6.07 Å². The molecule has 6 nitrogen and oxygen atoms in total. The van der Waals surface area contributed by atoms with Gasteiger partial charge in [-0.1, -0.05) is 81.8 Å². The van der Waals surface area contributed by atoms with Crippen molar-refractivity contribution in [2.45, 2.75) is 68.1 Å². The molecule has 0 radical (unpaired) electrons. The highest BCUT2D eigenvalue weighted by atomic mass is 32.2. The summed E-state index contributed by atoms with van der Waals surface area (Å²) in [6.07, 6.45) is 9.10. The largest absolute Gasteiger partial charge is 0.294 e. The molecule has 29 heavy (non-hydrogen) atoms. The Labute approximate surface area is 174 Å². The van der Waals surface area contributed by atoms with Crippen LogP contribution in [0.15, 0.2) is 64.4 Å². The molecule has 0 atom stereocenters. The van der Waals surface area contributed by atoms with Gasteiger partial charge in [0, 0.05) is 0 Å². The third-order valence-electron chi connectivity index (χ3n) is 4.34. The summed E-state index contributed by atoms with van der Waals surface area (Å²) in [5.74, 6) is 0. The molecular formula is C21H30O6S2. The first-order valence-corrected chi connectivity index (χ1v) is 12.6. The van der Waals surface area contributed by atoms with Crippen molar-refractivity contribution >= 4 is 20.2 Å². The van der Waals surface area contributed by atoms with Crippen LogP contribution >= 0.6 is 0 Å². The Morgan fingerprint density at radius 1 is 0.655 bits per heavy atom. The number of hydrogen-bond donors (Lipinski definition) is 2. The molecule has 0 unspecified atom stereocenters. The van der Waals surface area contributed by atoms with Gasteiger partial charge in [-0.2, -0.15) is 16.8 Å². The van der Waals surface area contributed by atoms with Crippen LogP contribution in [0.2, 0.25) is 0 Å². The average Bonchev–Trinajstić information content (AvgIpc) is 2.67. The van der Waals surface area contributed by atoms with Gasteiger partial charge in [0.05, 0.1) is 9.79 Å². The molecule has 0 amide bonds. The maximum absolute atomic E-state index is 11.2. The van der Waals surface area contributed by atoms with Crippen LogP contribution in [0.25, 0.3) is 0 Å². The zero-order valence-electron chi connectivity index (χ0n) is 16.7. The molecule has 0 spiro atoms. The van der Waals surface area contributed by atoms with Gasteiger partial charge in [-0.3, -0.25) is 9.11 Å². The van der Waals surface area contributed by atoms with Crippen molar-refractivity contribution in [3.05, 3.63) is 60.2 Å². The maximum atomic E-state index is 11.2. The lowest BCUT2D eigenvalue weighted by molar-refractivity contribution is 0.480.